The first-order chi connectivity index (χ1) is 13.1. The smallest absolute Gasteiger partial charge is 0.278 e. The number of halogens is 2. The van der Waals surface area contributed by atoms with Crippen LogP contribution in [0.1, 0.15) is 35.8 Å². The van der Waals surface area contributed by atoms with Gasteiger partial charge in [0.25, 0.3) is 5.89 Å². The fourth-order valence-corrected chi connectivity index (χ4v) is 3.26. The summed E-state index contributed by atoms with van der Waals surface area (Å²) in [6.07, 6.45) is 4.93. The molecule has 0 radical (unpaired) electrons. The lowest BCUT2D eigenvalue weighted by Crippen LogP contribution is -2.33. The number of aromatic nitrogens is 4. The second-order valence-electron chi connectivity index (χ2n) is 6.79. The second-order valence-corrected chi connectivity index (χ2v) is 6.79. The van der Waals surface area contributed by atoms with Crippen molar-refractivity contribution in [1.82, 2.24) is 25.0 Å². The Morgan fingerprint density at radius 2 is 1.96 bits per heavy atom. The third kappa shape index (κ3) is 4.00. The summed E-state index contributed by atoms with van der Waals surface area (Å²) in [7, 11) is 0. The summed E-state index contributed by atoms with van der Waals surface area (Å²) in [6.45, 7) is 3.77. The molecule has 1 fully saturated rings. The van der Waals surface area contributed by atoms with Gasteiger partial charge in [-0.05, 0) is 51.1 Å². The Hall–Kier alpha value is -2.74. The molecule has 4 rings (SSSR count). The topological polar surface area (TPSA) is 67.9 Å². The molecule has 0 amide bonds. The van der Waals surface area contributed by atoms with E-state index in [1.165, 1.54) is 12.1 Å². The standard InChI is InChI=1S/C19H19F2N5O/c1-12-9-23-17(10-22-12)19-24-18(25-27-19)13-4-6-26(7-5-13)11-14-8-15(20)2-3-16(14)21/h2-3,8-10,13H,4-7,11H2,1H3. The van der Waals surface area contributed by atoms with Crippen LogP contribution in [0.5, 0.6) is 0 Å². The maximum atomic E-state index is 13.8. The highest BCUT2D eigenvalue weighted by Gasteiger charge is 2.25. The molecule has 0 spiro atoms. The zero-order chi connectivity index (χ0) is 18.8. The predicted octanol–water partition coefficient (Wildman–Crippen LogP) is 3.49. The minimum atomic E-state index is -0.417. The lowest BCUT2D eigenvalue weighted by molar-refractivity contribution is 0.198. The van der Waals surface area contributed by atoms with E-state index in [-0.39, 0.29) is 11.7 Å². The number of likely N-dealkylation sites (tertiary alicyclic amines) is 1. The van der Waals surface area contributed by atoms with Gasteiger partial charge >= 0.3 is 0 Å². The maximum absolute atomic E-state index is 13.8. The van der Waals surface area contributed by atoms with Crippen molar-refractivity contribution in [2.75, 3.05) is 13.1 Å². The maximum Gasteiger partial charge on any atom is 0.278 e. The van der Waals surface area contributed by atoms with Crippen molar-refractivity contribution >= 4 is 0 Å². The number of aryl methyl sites for hydroxylation is 1. The van der Waals surface area contributed by atoms with Crippen LogP contribution in [0.25, 0.3) is 11.6 Å². The Bertz CT molecular complexity index is 920. The van der Waals surface area contributed by atoms with Gasteiger partial charge in [0.2, 0.25) is 0 Å². The van der Waals surface area contributed by atoms with Crippen LogP contribution in [0.2, 0.25) is 0 Å². The SMILES string of the molecule is Cc1cnc(-c2nc(C3CCN(Cc4cc(F)ccc4F)CC3)no2)cn1. The largest absolute Gasteiger partial charge is 0.332 e. The van der Waals surface area contributed by atoms with E-state index in [4.69, 9.17) is 4.52 Å². The first-order valence-electron chi connectivity index (χ1n) is 8.87. The molecule has 0 aliphatic carbocycles. The summed E-state index contributed by atoms with van der Waals surface area (Å²) in [4.78, 5) is 15.0. The van der Waals surface area contributed by atoms with E-state index < -0.39 is 5.82 Å². The van der Waals surface area contributed by atoms with Gasteiger partial charge in [-0.1, -0.05) is 5.16 Å². The number of piperidine rings is 1. The number of rotatable bonds is 4. The van der Waals surface area contributed by atoms with E-state index in [9.17, 15) is 8.78 Å². The molecule has 0 saturated carbocycles. The quantitative estimate of drug-likeness (QED) is 0.699. The summed E-state index contributed by atoms with van der Waals surface area (Å²) in [5, 5.41) is 4.09. The average Bonchev–Trinajstić information content (AvgIpc) is 3.16. The Kier molecular flexibility index (Phi) is 4.89. The van der Waals surface area contributed by atoms with Crippen molar-refractivity contribution in [3.63, 3.8) is 0 Å². The first kappa shape index (κ1) is 17.7. The number of nitrogens with zero attached hydrogens (tertiary/aromatic N) is 5. The fraction of sp³-hybridized carbons (Fsp3) is 0.368. The van der Waals surface area contributed by atoms with Gasteiger partial charge in [0, 0.05) is 24.2 Å². The highest BCUT2D eigenvalue weighted by Crippen LogP contribution is 2.28. The van der Waals surface area contributed by atoms with Crippen LogP contribution in [0.4, 0.5) is 8.78 Å². The Morgan fingerprint density at radius 1 is 1.15 bits per heavy atom. The normalized spacial score (nSPS) is 16.0. The highest BCUT2D eigenvalue weighted by atomic mass is 19.1. The predicted molar refractivity (Wildman–Crippen MR) is 93.7 cm³/mol. The fourth-order valence-electron chi connectivity index (χ4n) is 3.26. The van der Waals surface area contributed by atoms with Crippen molar-refractivity contribution in [1.29, 1.82) is 0 Å². The monoisotopic (exact) mass is 371 g/mol. The van der Waals surface area contributed by atoms with Crippen molar-refractivity contribution in [2.45, 2.75) is 32.2 Å². The molecule has 6 nitrogen and oxygen atoms in total. The summed E-state index contributed by atoms with van der Waals surface area (Å²) in [5.41, 5.74) is 1.76. The van der Waals surface area contributed by atoms with Crippen LogP contribution in [0.15, 0.2) is 35.1 Å². The van der Waals surface area contributed by atoms with Crippen molar-refractivity contribution in [2.24, 2.45) is 0 Å². The van der Waals surface area contributed by atoms with Gasteiger partial charge in [0.15, 0.2) is 5.82 Å². The molecule has 1 aromatic carbocycles. The molecule has 27 heavy (non-hydrogen) atoms. The molecule has 2 aromatic heterocycles. The van der Waals surface area contributed by atoms with Crippen molar-refractivity contribution in [3.8, 4) is 11.6 Å². The zero-order valence-corrected chi connectivity index (χ0v) is 14.9. The van der Waals surface area contributed by atoms with E-state index in [0.29, 0.717) is 29.5 Å². The lowest BCUT2D eigenvalue weighted by Gasteiger charge is -2.30. The molecule has 140 valence electrons. The Balaban J connectivity index is 1.38. The molecule has 0 unspecified atom stereocenters. The average molecular weight is 371 g/mol. The van der Waals surface area contributed by atoms with Gasteiger partial charge in [0.1, 0.15) is 17.3 Å². The van der Waals surface area contributed by atoms with E-state index in [2.05, 4.69) is 25.0 Å². The molecule has 1 aliphatic heterocycles. The van der Waals surface area contributed by atoms with Crippen molar-refractivity contribution in [3.05, 3.63) is 59.3 Å². The zero-order valence-electron chi connectivity index (χ0n) is 14.9. The molecule has 1 saturated heterocycles. The minimum absolute atomic E-state index is 0.175. The van der Waals surface area contributed by atoms with Crippen LogP contribution < -0.4 is 0 Å². The second kappa shape index (κ2) is 7.48. The van der Waals surface area contributed by atoms with E-state index in [1.54, 1.807) is 12.4 Å². The third-order valence-electron chi connectivity index (χ3n) is 4.80. The molecule has 0 bridgehead atoms. The summed E-state index contributed by atoms with van der Waals surface area (Å²) >= 11 is 0. The molecular weight excluding hydrogens is 352 g/mol. The highest BCUT2D eigenvalue weighted by molar-refractivity contribution is 5.44. The number of benzene rings is 1. The van der Waals surface area contributed by atoms with Crippen LogP contribution in [0, 0.1) is 18.6 Å². The molecule has 1 aliphatic rings. The molecule has 3 heterocycles. The van der Waals surface area contributed by atoms with Crippen LogP contribution in [-0.4, -0.2) is 38.1 Å². The summed E-state index contributed by atoms with van der Waals surface area (Å²) in [6, 6.07) is 3.57. The number of hydrogen-bond acceptors (Lipinski definition) is 6. The third-order valence-corrected chi connectivity index (χ3v) is 4.80. The first-order valence-corrected chi connectivity index (χ1v) is 8.87. The van der Waals surface area contributed by atoms with E-state index in [1.807, 2.05) is 6.92 Å². The Labute approximate surface area is 155 Å². The molecule has 8 heteroatoms. The van der Waals surface area contributed by atoms with Gasteiger partial charge in [0.05, 0.1) is 11.9 Å². The molecule has 3 aromatic rings. The van der Waals surface area contributed by atoms with Gasteiger partial charge in [-0.2, -0.15) is 4.98 Å². The van der Waals surface area contributed by atoms with E-state index >= 15 is 0 Å². The Morgan fingerprint density at radius 3 is 2.70 bits per heavy atom. The minimum Gasteiger partial charge on any atom is -0.332 e. The summed E-state index contributed by atoms with van der Waals surface area (Å²) in [5.74, 6) is 0.403. The molecular formula is C19H19F2N5O. The lowest BCUT2D eigenvalue weighted by atomic mass is 9.96. The van der Waals surface area contributed by atoms with E-state index in [0.717, 1.165) is 37.7 Å². The van der Waals surface area contributed by atoms with Crippen LogP contribution >= 0.6 is 0 Å². The molecule has 0 atom stereocenters. The van der Waals surface area contributed by atoms with Crippen molar-refractivity contribution < 1.29 is 13.3 Å². The number of hydrogen-bond donors (Lipinski definition) is 0. The van der Waals surface area contributed by atoms with Gasteiger partial charge in [-0.3, -0.25) is 9.88 Å². The van der Waals surface area contributed by atoms with Gasteiger partial charge in [-0.15, -0.1) is 0 Å². The van der Waals surface area contributed by atoms with Crippen LogP contribution in [0.3, 0.4) is 0 Å². The van der Waals surface area contributed by atoms with Gasteiger partial charge in [-0.25, -0.2) is 13.8 Å². The summed E-state index contributed by atoms with van der Waals surface area (Å²) < 4.78 is 32.5. The van der Waals surface area contributed by atoms with Gasteiger partial charge < -0.3 is 4.52 Å². The molecule has 0 N–H and O–H groups in total. The van der Waals surface area contributed by atoms with Crippen LogP contribution in [-0.2, 0) is 6.54 Å².